The summed E-state index contributed by atoms with van der Waals surface area (Å²) in [6.07, 6.45) is 0.0812. The topological polar surface area (TPSA) is 100 Å². The largest absolute Gasteiger partial charge is 0.370 e. The van der Waals surface area contributed by atoms with Gasteiger partial charge >= 0.3 is 0 Å². The van der Waals surface area contributed by atoms with Crippen LogP contribution in [0, 0.1) is 0 Å². The van der Waals surface area contributed by atoms with Crippen molar-refractivity contribution in [2.45, 2.75) is 12.3 Å². The zero-order valence-corrected chi connectivity index (χ0v) is 20.2. The van der Waals surface area contributed by atoms with Crippen molar-refractivity contribution in [3.63, 3.8) is 0 Å². The summed E-state index contributed by atoms with van der Waals surface area (Å²) >= 11 is 12.0. The van der Waals surface area contributed by atoms with Gasteiger partial charge in [-0.15, -0.1) is 0 Å². The molecule has 35 heavy (non-hydrogen) atoms. The molecule has 7 nitrogen and oxygen atoms in total. The number of guanidine groups is 1. The van der Waals surface area contributed by atoms with E-state index in [1.54, 1.807) is 29.3 Å². The van der Waals surface area contributed by atoms with E-state index in [0.717, 1.165) is 16.8 Å². The number of hydrazone groups is 1. The molecule has 0 aliphatic carbocycles. The molecule has 0 aromatic heterocycles. The zero-order valence-electron chi connectivity index (χ0n) is 18.7. The number of hydrogen-bond donors (Lipinski definition) is 2. The molecule has 3 aromatic carbocycles. The molecule has 2 amide bonds. The molecule has 0 saturated carbocycles. The number of rotatable bonds is 6. The lowest BCUT2D eigenvalue weighted by Gasteiger charge is -2.19. The van der Waals surface area contributed by atoms with Crippen LogP contribution in [-0.2, 0) is 4.79 Å². The van der Waals surface area contributed by atoms with Gasteiger partial charge in [0.25, 0.3) is 5.91 Å². The Hall–Kier alpha value is -3.68. The third-order valence-electron chi connectivity index (χ3n) is 5.45. The first-order chi connectivity index (χ1) is 16.9. The Kier molecular flexibility index (Phi) is 7.80. The highest BCUT2D eigenvalue weighted by atomic mass is 35.5. The van der Waals surface area contributed by atoms with Crippen LogP contribution in [-0.4, -0.2) is 41.6 Å². The summed E-state index contributed by atoms with van der Waals surface area (Å²) in [6.45, 7) is 0.651. The Morgan fingerprint density at radius 2 is 1.60 bits per heavy atom. The van der Waals surface area contributed by atoms with Gasteiger partial charge in [-0.05, 0) is 47.5 Å². The average Bonchev–Trinajstić information content (AvgIpc) is 3.30. The molecule has 9 heteroatoms. The van der Waals surface area contributed by atoms with Crippen LogP contribution in [0.5, 0.6) is 0 Å². The van der Waals surface area contributed by atoms with Crippen LogP contribution < -0.4 is 11.1 Å². The maximum atomic E-state index is 12.9. The Morgan fingerprint density at radius 1 is 0.971 bits per heavy atom. The van der Waals surface area contributed by atoms with Crippen LogP contribution in [0.1, 0.15) is 33.8 Å². The normalized spacial score (nSPS) is 15.6. The van der Waals surface area contributed by atoms with E-state index in [2.05, 4.69) is 10.3 Å². The number of nitrogens with zero attached hydrogens (tertiary/aromatic N) is 3. The second-order valence-corrected chi connectivity index (χ2v) is 8.80. The van der Waals surface area contributed by atoms with Gasteiger partial charge in [-0.2, -0.15) is 10.1 Å². The second-order valence-electron chi connectivity index (χ2n) is 7.93. The summed E-state index contributed by atoms with van der Waals surface area (Å²) in [5, 5.41) is 10.7. The Balaban J connectivity index is 1.70. The van der Waals surface area contributed by atoms with E-state index >= 15 is 0 Å². The lowest BCUT2D eigenvalue weighted by Crippen LogP contribution is -2.40. The van der Waals surface area contributed by atoms with Crippen molar-refractivity contribution in [2.24, 2.45) is 15.8 Å². The minimum atomic E-state index is -0.463. The highest BCUT2D eigenvalue weighted by molar-refractivity contribution is 6.31. The lowest BCUT2D eigenvalue weighted by atomic mass is 9.91. The van der Waals surface area contributed by atoms with Gasteiger partial charge in [0.1, 0.15) is 0 Å². The fourth-order valence-corrected chi connectivity index (χ4v) is 3.95. The van der Waals surface area contributed by atoms with Crippen molar-refractivity contribution in [3.8, 4) is 0 Å². The van der Waals surface area contributed by atoms with Crippen LogP contribution >= 0.6 is 23.2 Å². The van der Waals surface area contributed by atoms with E-state index in [1.165, 1.54) is 0 Å². The summed E-state index contributed by atoms with van der Waals surface area (Å²) in [4.78, 5) is 28.5. The third-order valence-corrected chi connectivity index (χ3v) is 5.96. The molecule has 4 rings (SSSR count). The van der Waals surface area contributed by atoms with E-state index in [1.807, 2.05) is 54.6 Å². The van der Waals surface area contributed by atoms with Crippen LogP contribution in [0.25, 0.3) is 0 Å². The molecular formula is C26H23Cl2N5O2. The number of amides is 2. The zero-order chi connectivity index (χ0) is 24.8. The molecule has 1 heterocycles. The number of nitrogens with one attached hydrogen (secondary N) is 1. The number of carbonyl (C=O) groups is 2. The first-order valence-electron chi connectivity index (χ1n) is 11.0. The summed E-state index contributed by atoms with van der Waals surface area (Å²) < 4.78 is 0. The maximum absolute atomic E-state index is 12.9. The van der Waals surface area contributed by atoms with Crippen LogP contribution in [0.3, 0.4) is 0 Å². The Morgan fingerprint density at radius 3 is 2.23 bits per heavy atom. The van der Waals surface area contributed by atoms with E-state index < -0.39 is 11.8 Å². The van der Waals surface area contributed by atoms with Gasteiger partial charge in [-0.25, -0.2) is 5.01 Å². The van der Waals surface area contributed by atoms with Crippen molar-refractivity contribution in [1.82, 2.24) is 10.3 Å². The molecule has 0 radical (unpaired) electrons. The molecule has 0 bridgehead atoms. The summed E-state index contributed by atoms with van der Waals surface area (Å²) in [7, 11) is 0. The summed E-state index contributed by atoms with van der Waals surface area (Å²) in [5.74, 6) is -0.772. The van der Waals surface area contributed by atoms with Crippen LogP contribution in [0.4, 0.5) is 0 Å². The van der Waals surface area contributed by atoms with Crippen molar-refractivity contribution in [3.05, 3.63) is 106 Å². The second kappa shape index (κ2) is 11.2. The number of hydrogen-bond acceptors (Lipinski definition) is 3. The molecule has 1 aliphatic heterocycles. The number of benzene rings is 3. The SMILES string of the molecule is NC(=O)CCN/C(=N\C(=O)c1ccc(Cl)cc1)N1CC(c2ccccc2)C(c2ccc(Cl)cc2)=N1. The maximum Gasteiger partial charge on any atom is 0.280 e. The van der Waals surface area contributed by atoms with Crippen molar-refractivity contribution in [1.29, 1.82) is 0 Å². The average molecular weight is 508 g/mol. The number of primary amides is 1. The van der Waals surface area contributed by atoms with Gasteiger partial charge in [-0.1, -0.05) is 65.7 Å². The molecule has 3 N–H and O–H groups in total. The molecule has 0 spiro atoms. The quantitative estimate of drug-likeness (QED) is 0.379. The summed E-state index contributed by atoms with van der Waals surface area (Å²) in [6, 6.07) is 23.9. The lowest BCUT2D eigenvalue weighted by molar-refractivity contribution is -0.117. The first kappa shape index (κ1) is 24.4. The first-order valence-corrected chi connectivity index (χ1v) is 11.7. The molecular weight excluding hydrogens is 485 g/mol. The fraction of sp³-hybridized carbons (Fsp3) is 0.154. The Bertz CT molecular complexity index is 1260. The molecule has 178 valence electrons. The van der Waals surface area contributed by atoms with Gasteiger partial charge in [0, 0.05) is 34.5 Å². The number of aliphatic imine (C=N–C) groups is 1. The minimum Gasteiger partial charge on any atom is -0.370 e. The molecule has 1 unspecified atom stereocenters. The van der Waals surface area contributed by atoms with E-state index in [9.17, 15) is 9.59 Å². The van der Waals surface area contributed by atoms with E-state index in [4.69, 9.17) is 34.0 Å². The predicted molar refractivity (Wildman–Crippen MR) is 139 cm³/mol. The highest BCUT2D eigenvalue weighted by Crippen LogP contribution is 2.29. The molecule has 0 saturated heterocycles. The van der Waals surface area contributed by atoms with Gasteiger partial charge in [-0.3, -0.25) is 9.59 Å². The molecule has 1 aliphatic rings. The van der Waals surface area contributed by atoms with Gasteiger partial charge in [0.2, 0.25) is 11.9 Å². The molecule has 3 aromatic rings. The van der Waals surface area contributed by atoms with Crippen LogP contribution in [0.2, 0.25) is 10.0 Å². The standard InChI is InChI=1S/C26H23Cl2N5O2/c27-20-10-6-18(7-11-20)24-22(17-4-2-1-3-5-17)16-33(32-24)26(30-15-14-23(29)34)31-25(35)19-8-12-21(28)13-9-19/h1-13,22H,14-16H2,(H2,29,34)(H,30,31,35). The Labute approximate surface area is 213 Å². The third kappa shape index (κ3) is 6.26. The van der Waals surface area contributed by atoms with Gasteiger partial charge in [0.15, 0.2) is 0 Å². The number of nitrogens with two attached hydrogens (primary N) is 1. The van der Waals surface area contributed by atoms with E-state index in [-0.39, 0.29) is 24.8 Å². The summed E-state index contributed by atoms with van der Waals surface area (Å²) in [5.41, 5.74) is 8.47. The van der Waals surface area contributed by atoms with Crippen LogP contribution in [0.15, 0.2) is 89.0 Å². The number of halogens is 2. The van der Waals surface area contributed by atoms with Crippen molar-refractivity contribution >= 4 is 46.7 Å². The molecule has 0 fully saturated rings. The smallest absolute Gasteiger partial charge is 0.280 e. The van der Waals surface area contributed by atoms with Crippen molar-refractivity contribution < 1.29 is 9.59 Å². The van der Waals surface area contributed by atoms with Crippen molar-refractivity contribution in [2.75, 3.05) is 13.1 Å². The predicted octanol–water partition coefficient (Wildman–Crippen LogP) is 4.46. The van der Waals surface area contributed by atoms with Gasteiger partial charge < -0.3 is 11.1 Å². The fourth-order valence-electron chi connectivity index (χ4n) is 3.70. The molecule has 1 atom stereocenters. The monoisotopic (exact) mass is 507 g/mol. The minimum absolute atomic E-state index is 0.0776. The van der Waals surface area contributed by atoms with Gasteiger partial charge in [0.05, 0.1) is 12.3 Å². The highest BCUT2D eigenvalue weighted by Gasteiger charge is 2.32. The van der Waals surface area contributed by atoms with E-state index in [0.29, 0.717) is 22.2 Å². The number of carbonyl (C=O) groups excluding carboxylic acids is 2.